The highest BCUT2D eigenvalue weighted by atomic mass is 32.2. The monoisotopic (exact) mass is 270 g/mol. The van der Waals surface area contributed by atoms with E-state index < -0.39 is 0 Å². The minimum atomic E-state index is 0.264. The lowest BCUT2D eigenvalue weighted by Crippen LogP contribution is -2.33. The molecule has 104 valence electrons. The van der Waals surface area contributed by atoms with E-state index in [9.17, 15) is 4.79 Å². The van der Waals surface area contributed by atoms with Crippen LogP contribution in [0.2, 0.25) is 0 Å². The van der Waals surface area contributed by atoms with Crippen molar-refractivity contribution in [2.45, 2.75) is 50.2 Å². The van der Waals surface area contributed by atoms with Gasteiger partial charge in [-0.05, 0) is 56.9 Å². The molecule has 2 saturated heterocycles. The first-order chi connectivity index (χ1) is 8.84. The normalized spacial score (nSPS) is 25.9. The lowest BCUT2D eigenvalue weighted by Gasteiger charge is -2.23. The van der Waals surface area contributed by atoms with Crippen molar-refractivity contribution in [3.8, 4) is 0 Å². The van der Waals surface area contributed by atoms with Gasteiger partial charge in [-0.3, -0.25) is 4.79 Å². The van der Waals surface area contributed by atoms with E-state index in [4.69, 9.17) is 0 Å². The second-order valence-electron chi connectivity index (χ2n) is 5.52. The second kappa shape index (κ2) is 8.05. The maximum absolute atomic E-state index is 11.8. The molecule has 0 saturated carbocycles. The van der Waals surface area contributed by atoms with Crippen molar-refractivity contribution in [1.82, 2.24) is 10.6 Å². The lowest BCUT2D eigenvalue weighted by atomic mass is 9.93. The number of hydrogen-bond acceptors (Lipinski definition) is 3. The first-order valence-electron chi connectivity index (χ1n) is 7.43. The zero-order valence-corrected chi connectivity index (χ0v) is 12.1. The molecule has 0 spiro atoms. The molecule has 3 nitrogen and oxygen atoms in total. The molecular weight excluding hydrogens is 244 g/mol. The van der Waals surface area contributed by atoms with Gasteiger partial charge in [0.25, 0.3) is 0 Å². The van der Waals surface area contributed by atoms with Crippen molar-refractivity contribution < 1.29 is 4.79 Å². The van der Waals surface area contributed by atoms with E-state index in [0.717, 1.165) is 38.4 Å². The number of nitrogens with one attached hydrogen (secondary N) is 2. The van der Waals surface area contributed by atoms with Crippen molar-refractivity contribution >= 4 is 17.7 Å². The van der Waals surface area contributed by atoms with E-state index in [-0.39, 0.29) is 5.91 Å². The lowest BCUT2D eigenvalue weighted by molar-refractivity contribution is -0.121. The Morgan fingerprint density at radius 1 is 1.22 bits per heavy atom. The maximum Gasteiger partial charge on any atom is 0.220 e. The summed E-state index contributed by atoms with van der Waals surface area (Å²) in [6.45, 7) is 3.14. The summed E-state index contributed by atoms with van der Waals surface area (Å²) in [6.07, 6.45) is 8.25. The third-order valence-corrected chi connectivity index (χ3v) is 5.44. The fourth-order valence-electron chi connectivity index (χ4n) is 2.79. The summed E-state index contributed by atoms with van der Waals surface area (Å²) in [5, 5.41) is 7.15. The van der Waals surface area contributed by atoms with Crippen molar-refractivity contribution in [3.63, 3.8) is 0 Å². The molecule has 0 radical (unpaired) electrons. The van der Waals surface area contributed by atoms with Crippen LogP contribution in [-0.2, 0) is 4.79 Å². The number of hydrogen-bond donors (Lipinski definition) is 2. The van der Waals surface area contributed by atoms with Crippen LogP contribution in [0.1, 0.15) is 44.9 Å². The van der Waals surface area contributed by atoms with Gasteiger partial charge in [0, 0.05) is 18.2 Å². The van der Waals surface area contributed by atoms with Gasteiger partial charge >= 0.3 is 0 Å². The maximum atomic E-state index is 11.8. The molecule has 2 fully saturated rings. The van der Waals surface area contributed by atoms with Gasteiger partial charge in [0.2, 0.25) is 5.91 Å². The Labute approximate surface area is 115 Å². The fourth-order valence-corrected chi connectivity index (χ4v) is 4.03. The highest BCUT2D eigenvalue weighted by Gasteiger charge is 2.16. The fraction of sp³-hybridized carbons (Fsp3) is 0.929. The van der Waals surface area contributed by atoms with Gasteiger partial charge in [0.05, 0.1) is 0 Å². The molecule has 0 aromatic heterocycles. The largest absolute Gasteiger partial charge is 0.355 e. The summed E-state index contributed by atoms with van der Waals surface area (Å²) in [5.74, 6) is 2.30. The molecular formula is C14H26N2OS. The first kappa shape index (κ1) is 14.2. The van der Waals surface area contributed by atoms with Crippen LogP contribution < -0.4 is 10.6 Å². The molecule has 2 rings (SSSR count). The van der Waals surface area contributed by atoms with E-state index in [1.165, 1.54) is 37.9 Å². The number of rotatable bonds is 5. The molecule has 1 amide bonds. The summed E-state index contributed by atoms with van der Waals surface area (Å²) >= 11 is 2.03. The Balaban J connectivity index is 1.54. The highest BCUT2D eigenvalue weighted by Crippen LogP contribution is 2.24. The van der Waals surface area contributed by atoms with Crippen LogP contribution in [0.5, 0.6) is 0 Å². The molecule has 1 unspecified atom stereocenters. The van der Waals surface area contributed by atoms with Crippen molar-refractivity contribution in [3.05, 3.63) is 0 Å². The predicted octanol–water partition coefficient (Wildman–Crippen LogP) is 2.17. The average Bonchev–Trinajstić information content (AvgIpc) is 2.45. The van der Waals surface area contributed by atoms with Crippen LogP contribution >= 0.6 is 11.8 Å². The van der Waals surface area contributed by atoms with Crippen LogP contribution in [0.4, 0.5) is 0 Å². The molecule has 2 aliphatic heterocycles. The van der Waals surface area contributed by atoms with Gasteiger partial charge in [0.1, 0.15) is 0 Å². The van der Waals surface area contributed by atoms with E-state index in [0.29, 0.717) is 5.25 Å². The van der Waals surface area contributed by atoms with Crippen LogP contribution in [-0.4, -0.2) is 36.5 Å². The Morgan fingerprint density at radius 3 is 2.78 bits per heavy atom. The zero-order valence-electron chi connectivity index (χ0n) is 11.2. The van der Waals surface area contributed by atoms with Gasteiger partial charge in [-0.25, -0.2) is 0 Å². The molecule has 2 heterocycles. The SMILES string of the molecule is O=C(CCC1CCNCC1)NCC1CCCCS1. The van der Waals surface area contributed by atoms with Crippen LogP contribution in [0.25, 0.3) is 0 Å². The molecule has 0 aromatic carbocycles. The minimum absolute atomic E-state index is 0.264. The van der Waals surface area contributed by atoms with Crippen molar-refractivity contribution in [2.24, 2.45) is 5.92 Å². The van der Waals surface area contributed by atoms with E-state index in [1.54, 1.807) is 0 Å². The molecule has 0 aromatic rings. The molecule has 1 atom stereocenters. The Bertz CT molecular complexity index is 224. The molecule has 2 N–H and O–H groups in total. The van der Waals surface area contributed by atoms with E-state index >= 15 is 0 Å². The Hall–Kier alpha value is -0.220. The van der Waals surface area contributed by atoms with E-state index in [1.807, 2.05) is 11.8 Å². The van der Waals surface area contributed by atoms with Crippen molar-refractivity contribution in [2.75, 3.05) is 25.4 Å². The Kier molecular flexibility index (Phi) is 6.35. The number of piperidine rings is 1. The summed E-state index contributed by atoms with van der Waals surface area (Å²) in [4.78, 5) is 11.8. The second-order valence-corrected chi connectivity index (χ2v) is 6.93. The van der Waals surface area contributed by atoms with Gasteiger partial charge in [0.15, 0.2) is 0 Å². The molecule has 2 aliphatic rings. The molecule has 0 bridgehead atoms. The topological polar surface area (TPSA) is 41.1 Å². The molecule has 18 heavy (non-hydrogen) atoms. The number of carbonyl (C=O) groups is 1. The third-order valence-electron chi connectivity index (χ3n) is 4.04. The Morgan fingerprint density at radius 2 is 2.06 bits per heavy atom. The number of carbonyl (C=O) groups excluding carboxylic acids is 1. The smallest absolute Gasteiger partial charge is 0.220 e. The summed E-state index contributed by atoms with van der Waals surface area (Å²) in [6, 6.07) is 0. The number of amides is 1. The standard InChI is InChI=1S/C14H26N2OS/c17-14(5-4-12-6-8-15-9-7-12)16-11-13-3-1-2-10-18-13/h12-13,15H,1-11H2,(H,16,17). The average molecular weight is 270 g/mol. The highest BCUT2D eigenvalue weighted by molar-refractivity contribution is 7.99. The molecule has 4 heteroatoms. The summed E-state index contributed by atoms with van der Waals surface area (Å²) in [5.41, 5.74) is 0. The predicted molar refractivity (Wildman–Crippen MR) is 77.9 cm³/mol. The van der Waals surface area contributed by atoms with Crippen molar-refractivity contribution in [1.29, 1.82) is 0 Å². The quantitative estimate of drug-likeness (QED) is 0.804. The van der Waals surface area contributed by atoms with Gasteiger partial charge in [-0.15, -0.1) is 0 Å². The summed E-state index contributed by atoms with van der Waals surface area (Å²) < 4.78 is 0. The van der Waals surface area contributed by atoms with E-state index in [2.05, 4.69) is 10.6 Å². The zero-order chi connectivity index (χ0) is 12.6. The van der Waals surface area contributed by atoms with Gasteiger partial charge in [-0.2, -0.15) is 11.8 Å². The van der Waals surface area contributed by atoms with Crippen LogP contribution in [0, 0.1) is 5.92 Å². The number of thioether (sulfide) groups is 1. The van der Waals surface area contributed by atoms with Crippen LogP contribution in [0.3, 0.4) is 0 Å². The first-order valence-corrected chi connectivity index (χ1v) is 8.48. The van der Waals surface area contributed by atoms with Gasteiger partial charge < -0.3 is 10.6 Å². The van der Waals surface area contributed by atoms with Crippen LogP contribution in [0.15, 0.2) is 0 Å². The summed E-state index contributed by atoms with van der Waals surface area (Å²) in [7, 11) is 0. The minimum Gasteiger partial charge on any atom is -0.355 e. The third kappa shape index (κ3) is 5.19. The van der Waals surface area contributed by atoms with Gasteiger partial charge in [-0.1, -0.05) is 6.42 Å². The molecule has 0 aliphatic carbocycles.